The number of aliphatic hydroxyl groups excluding tert-OH is 1. The normalized spacial score (nSPS) is 26.2. The summed E-state index contributed by atoms with van der Waals surface area (Å²) in [4.78, 5) is 24.2. The first-order valence-corrected chi connectivity index (χ1v) is 9.25. The molecule has 1 amide bonds. The van der Waals surface area contributed by atoms with E-state index in [1.807, 2.05) is 11.8 Å². The third-order valence-corrected chi connectivity index (χ3v) is 5.95. The van der Waals surface area contributed by atoms with Crippen molar-refractivity contribution in [1.29, 1.82) is 0 Å². The van der Waals surface area contributed by atoms with Gasteiger partial charge in [-0.3, -0.25) is 14.8 Å². The zero-order valence-corrected chi connectivity index (χ0v) is 14.7. The van der Waals surface area contributed by atoms with Crippen molar-refractivity contribution in [2.24, 2.45) is 0 Å². The van der Waals surface area contributed by atoms with E-state index in [2.05, 4.69) is 20.5 Å². The molecule has 2 aromatic heterocycles. The number of H-pyrrole nitrogens is 1. The third-order valence-electron chi connectivity index (χ3n) is 5.95. The Hall–Kier alpha value is -2.48. The molecular weight excluding hydrogens is 332 g/mol. The van der Waals surface area contributed by atoms with Gasteiger partial charge in [-0.2, -0.15) is 10.1 Å². The molecule has 1 aliphatic heterocycles. The van der Waals surface area contributed by atoms with Crippen LogP contribution >= 0.6 is 0 Å². The van der Waals surface area contributed by atoms with Gasteiger partial charge >= 0.3 is 0 Å². The molecule has 0 bridgehead atoms. The summed E-state index contributed by atoms with van der Waals surface area (Å²) in [5.41, 5.74) is 2.17. The monoisotopic (exact) mass is 354 g/mol. The lowest BCUT2D eigenvalue weighted by atomic mass is 9.92. The minimum atomic E-state index is -0.415. The zero-order valence-electron chi connectivity index (χ0n) is 14.7. The number of aromatic amines is 1. The molecule has 3 heterocycles. The Bertz CT molecular complexity index is 874. The van der Waals surface area contributed by atoms with Crippen molar-refractivity contribution in [3.63, 3.8) is 0 Å². The summed E-state index contributed by atoms with van der Waals surface area (Å²) in [7, 11) is 0. The minimum Gasteiger partial charge on any atom is -0.393 e. The highest BCUT2D eigenvalue weighted by molar-refractivity contribution is 6.09. The average molecular weight is 354 g/mol. The predicted molar refractivity (Wildman–Crippen MR) is 95.3 cm³/mol. The van der Waals surface area contributed by atoms with Gasteiger partial charge in [0.15, 0.2) is 0 Å². The zero-order chi connectivity index (χ0) is 17.9. The molecule has 2 fully saturated rings. The van der Waals surface area contributed by atoms with E-state index < -0.39 is 5.41 Å². The van der Waals surface area contributed by atoms with Gasteiger partial charge in [-0.25, -0.2) is 4.98 Å². The number of fused-ring (bicyclic) bond motifs is 2. The Morgan fingerprint density at radius 3 is 2.92 bits per heavy atom. The summed E-state index contributed by atoms with van der Waals surface area (Å²) in [6, 6.07) is 0.0170. The standard InChI is InChI=1S/C18H22N6O2/c1-10-14(9-20-23-10)21-17-19-8-13-15(22-17)24(16(26)18(13)5-6-18)11-3-2-4-12(25)7-11/h8-9,11-12,25H,2-7H2,1H3,(H,20,23)(H,19,21,22)/t11-,12-/m1/s1. The smallest absolute Gasteiger partial charge is 0.239 e. The second-order valence-corrected chi connectivity index (χ2v) is 7.67. The number of aromatic nitrogens is 4. The quantitative estimate of drug-likeness (QED) is 0.777. The van der Waals surface area contributed by atoms with Crippen molar-refractivity contribution >= 4 is 23.4 Å². The molecule has 0 aromatic carbocycles. The van der Waals surface area contributed by atoms with Gasteiger partial charge in [0.1, 0.15) is 5.82 Å². The molecule has 2 saturated carbocycles. The minimum absolute atomic E-state index is 0.0170. The maximum absolute atomic E-state index is 13.2. The van der Waals surface area contributed by atoms with Crippen LogP contribution in [0.2, 0.25) is 0 Å². The molecule has 0 unspecified atom stereocenters. The van der Waals surface area contributed by atoms with Crippen molar-refractivity contribution in [3.8, 4) is 0 Å². The van der Waals surface area contributed by atoms with Crippen LogP contribution in [0, 0.1) is 6.92 Å². The van der Waals surface area contributed by atoms with Crippen LogP contribution in [0.3, 0.4) is 0 Å². The summed E-state index contributed by atoms with van der Waals surface area (Å²) >= 11 is 0. The van der Waals surface area contributed by atoms with Crippen molar-refractivity contribution in [2.75, 3.05) is 10.2 Å². The summed E-state index contributed by atoms with van der Waals surface area (Å²) in [5.74, 6) is 1.31. The first-order valence-electron chi connectivity index (χ1n) is 9.25. The number of anilines is 3. The van der Waals surface area contributed by atoms with Crippen molar-refractivity contribution in [2.45, 2.75) is 63.0 Å². The molecule has 8 nitrogen and oxygen atoms in total. The number of hydrogen-bond donors (Lipinski definition) is 3. The Morgan fingerprint density at radius 1 is 1.38 bits per heavy atom. The van der Waals surface area contributed by atoms with E-state index in [-0.39, 0.29) is 18.1 Å². The van der Waals surface area contributed by atoms with E-state index >= 15 is 0 Å². The number of nitrogens with one attached hydrogen (secondary N) is 2. The SMILES string of the molecule is Cc1n[nH]cc1Nc1ncc2c(n1)N([C@@H]1CCC[C@@H](O)C1)C(=O)C21CC1. The first-order chi connectivity index (χ1) is 12.6. The molecule has 2 aromatic rings. The van der Waals surface area contributed by atoms with Gasteiger partial charge in [0.05, 0.1) is 22.9 Å². The predicted octanol–water partition coefficient (Wildman–Crippen LogP) is 1.93. The van der Waals surface area contributed by atoms with Crippen molar-refractivity contribution < 1.29 is 9.90 Å². The second kappa shape index (κ2) is 5.51. The van der Waals surface area contributed by atoms with E-state index in [9.17, 15) is 9.90 Å². The Morgan fingerprint density at radius 2 is 2.23 bits per heavy atom. The van der Waals surface area contributed by atoms with Crippen LogP contribution in [-0.2, 0) is 10.2 Å². The Kier molecular flexibility index (Phi) is 3.34. The molecule has 0 saturated heterocycles. The van der Waals surface area contributed by atoms with Gasteiger partial charge in [0, 0.05) is 24.0 Å². The van der Waals surface area contributed by atoms with Crippen LogP contribution in [-0.4, -0.2) is 43.3 Å². The van der Waals surface area contributed by atoms with Crippen molar-refractivity contribution in [3.05, 3.63) is 23.7 Å². The fourth-order valence-corrected chi connectivity index (χ4v) is 4.32. The van der Waals surface area contributed by atoms with Gasteiger partial charge < -0.3 is 10.4 Å². The number of aryl methyl sites for hydroxylation is 1. The highest BCUT2D eigenvalue weighted by Gasteiger charge is 2.61. The topological polar surface area (TPSA) is 107 Å². The number of rotatable bonds is 3. The van der Waals surface area contributed by atoms with Gasteiger partial charge in [-0.05, 0) is 45.4 Å². The van der Waals surface area contributed by atoms with Gasteiger partial charge in [-0.15, -0.1) is 0 Å². The van der Waals surface area contributed by atoms with Crippen molar-refractivity contribution in [1.82, 2.24) is 20.2 Å². The number of carbonyl (C=O) groups excluding carboxylic acids is 1. The maximum Gasteiger partial charge on any atom is 0.239 e. The fraction of sp³-hybridized carbons (Fsp3) is 0.556. The van der Waals surface area contributed by atoms with Crippen LogP contribution in [0.1, 0.15) is 49.8 Å². The lowest BCUT2D eigenvalue weighted by Crippen LogP contribution is -2.44. The molecule has 0 radical (unpaired) electrons. The van der Waals surface area contributed by atoms with Gasteiger partial charge in [-0.1, -0.05) is 0 Å². The number of amides is 1. The van der Waals surface area contributed by atoms with E-state index in [0.29, 0.717) is 18.2 Å². The van der Waals surface area contributed by atoms with Crippen LogP contribution in [0.5, 0.6) is 0 Å². The van der Waals surface area contributed by atoms with Gasteiger partial charge in [0.2, 0.25) is 11.9 Å². The molecule has 5 rings (SSSR count). The second-order valence-electron chi connectivity index (χ2n) is 7.67. The molecule has 136 valence electrons. The number of carbonyl (C=O) groups is 1. The van der Waals surface area contributed by atoms with E-state index in [0.717, 1.165) is 49.0 Å². The molecule has 8 heteroatoms. The largest absolute Gasteiger partial charge is 0.393 e. The Balaban J connectivity index is 1.52. The van der Waals surface area contributed by atoms with E-state index in [1.54, 1.807) is 12.4 Å². The molecule has 2 aliphatic carbocycles. The highest BCUT2D eigenvalue weighted by Crippen LogP contribution is 2.57. The number of nitrogens with zero attached hydrogens (tertiary/aromatic N) is 4. The lowest BCUT2D eigenvalue weighted by molar-refractivity contribution is -0.121. The molecule has 3 aliphatic rings. The molecular formula is C18H22N6O2. The van der Waals surface area contributed by atoms with Crippen LogP contribution in [0.15, 0.2) is 12.4 Å². The fourth-order valence-electron chi connectivity index (χ4n) is 4.32. The molecule has 2 atom stereocenters. The van der Waals surface area contributed by atoms with Crippen LogP contribution in [0.4, 0.5) is 17.5 Å². The number of hydrogen-bond acceptors (Lipinski definition) is 6. The summed E-state index contributed by atoms with van der Waals surface area (Å²) in [6.45, 7) is 1.89. The molecule has 1 spiro atoms. The number of aliphatic hydroxyl groups is 1. The highest BCUT2D eigenvalue weighted by atomic mass is 16.3. The molecule has 3 N–H and O–H groups in total. The maximum atomic E-state index is 13.2. The summed E-state index contributed by atoms with van der Waals surface area (Å²) in [5, 5.41) is 20.2. The first kappa shape index (κ1) is 15.7. The molecule has 26 heavy (non-hydrogen) atoms. The van der Waals surface area contributed by atoms with E-state index in [4.69, 9.17) is 4.98 Å². The average Bonchev–Trinajstić information content (AvgIpc) is 3.28. The lowest BCUT2D eigenvalue weighted by Gasteiger charge is -2.33. The van der Waals surface area contributed by atoms with Crippen LogP contribution < -0.4 is 10.2 Å². The summed E-state index contributed by atoms with van der Waals surface area (Å²) < 4.78 is 0. The Labute approximate surface area is 151 Å². The van der Waals surface area contributed by atoms with E-state index in [1.165, 1.54) is 0 Å². The summed E-state index contributed by atoms with van der Waals surface area (Å²) in [6.07, 6.45) is 8.21. The third kappa shape index (κ3) is 2.25. The van der Waals surface area contributed by atoms with Gasteiger partial charge in [0.25, 0.3) is 0 Å². The van der Waals surface area contributed by atoms with Crippen LogP contribution in [0.25, 0.3) is 0 Å².